The Morgan fingerprint density at radius 1 is 1.00 bits per heavy atom. The number of benzene rings is 2. The lowest BCUT2D eigenvalue weighted by Gasteiger charge is -2.31. The van der Waals surface area contributed by atoms with E-state index in [-0.39, 0.29) is 12.0 Å². The van der Waals surface area contributed by atoms with Gasteiger partial charge in [-0.15, -0.1) is 0 Å². The van der Waals surface area contributed by atoms with Crippen molar-refractivity contribution in [1.29, 1.82) is 0 Å². The van der Waals surface area contributed by atoms with Crippen molar-refractivity contribution in [3.63, 3.8) is 0 Å². The standard InChI is InChI=1S/C18H20N2O3/c1-12-17(23-16-7-5-4-6-15(16)22-12)18(21)19-13-8-10-14(11-9-13)20(2)3/h4-12,17H,1-3H3,(H,19,21)/t12-,17-/m1/s1. The summed E-state index contributed by atoms with van der Waals surface area (Å²) in [5, 5.41) is 2.88. The Labute approximate surface area is 135 Å². The second kappa shape index (κ2) is 6.20. The molecule has 1 aliphatic heterocycles. The van der Waals surface area contributed by atoms with Crippen LogP contribution in [0.3, 0.4) is 0 Å². The van der Waals surface area contributed by atoms with Crippen LogP contribution in [0.2, 0.25) is 0 Å². The molecular weight excluding hydrogens is 292 g/mol. The Morgan fingerprint density at radius 3 is 2.22 bits per heavy atom. The third-order valence-corrected chi connectivity index (χ3v) is 3.75. The van der Waals surface area contributed by atoms with Crippen molar-refractivity contribution in [1.82, 2.24) is 0 Å². The molecule has 1 heterocycles. The van der Waals surface area contributed by atoms with Crippen LogP contribution >= 0.6 is 0 Å². The van der Waals surface area contributed by atoms with Gasteiger partial charge < -0.3 is 19.7 Å². The molecule has 2 aromatic rings. The number of fused-ring (bicyclic) bond motifs is 1. The first-order valence-corrected chi connectivity index (χ1v) is 7.55. The van der Waals surface area contributed by atoms with Crippen LogP contribution in [-0.2, 0) is 4.79 Å². The van der Waals surface area contributed by atoms with Crippen LogP contribution < -0.4 is 19.7 Å². The minimum atomic E-state index is -0.682. The lowest BCUT2D eigenvalue weighted by molar-refractivity contribution is -0.128. The van der Waals surface area contributed by atoms with E-state index in [2.05, 4.69) is 5.32 Å². The molecule has 0 bridgehead atoms. The molecule has 1 aliphatic rings. The van der Waals surface area contributed by atoms with E-state index in [0.29, 0.717) is 11.5 Å². The average Bonchev–Trinajstić information content (AvgIpc) is 2.54. The zero-order chi connectivity index (χ0) is 16.4. The minimum Gasteiger partial charge on any atom is -0.482 e. The molecule has 2 atom stereocenters. The van der Waals surface area contributed by atoms with E-state index in [1.54, 1.807) is 6.07 Å². The molecule has 0 spiro atoms. The lowest BCUT2D eigenvalue weighted by Crippen LogP contribution is -2.46. The summed E-state index contributed by atoms with van der Waals surface area (Å²) < 4.78 is 11.6. The molecule has 2 aromatic carbocycles. The zero-order valence-electron chi connectivity index (χ0n) is 13.4. The molecule has 1 amide bonds. The van der Waals surface area contributed by atoms with Crippen molar-refractivity contribution >= 4 is 17.3 Å². The monoisotopic (exact) mass is 312 g/mol. The molecule has 0 radical (unpaired) electrons. The van der Waals surface area contributed by atoms with Crippen molar-refractivity contribution in [2.45, 2.75) is 19.1 Å². The normalized spacial score (nSPS) is 19.1. The van der Waals surface area contributed by atoms with E-state index < -0.39 is 6.10 Å². The number of para-hydroxylation sites is 2. The van der Waals surface area contributed by atoms with Crippen molar-refractivity contribution < 1.29 is 14.3 Å². The Hall–Kier alpha value is -2.69. The number of hydrogen-bond acceptors (Lipinski definition) is 4. The van der Waals surface area contributed by atoms with Gasteiger partial charge in [0.15, 0.2) is 11.5 Å². The SMILES string of the molecule is C[C@H]1Oc2ccccc2O[C@H]1C(=O)Nc1ccc(N(C)C)cc1. The van der Waals surface area contributed by atoms with Gasteiger partial charge in [-0.25, -0.2) is 0 Å². The number of amides is 1. The maximum absolute atomic E-state index is 12.5. The predicted molar refractivity (Wildman–Crippen MR) is 90.3 cm³/mol. The second-order valence-corrected chi connectivity index (χ2v) is 5.74. The summed E-state index contributed by atoms with van der Waals surface area (Å²) in [4.78, 5) is 14.5. The number of carbonyl (C=O) groups excluding carboxylic acids is 1. The Kier molecular flexibility index (Phi) is 4.10. The summed E-state index contributed by atoms with van der Waals surface area (Å²) in [6.45, 7) is 1.83. The third-order valence-electron chi connectivity index (χ3n) is 3.75. The molecule has 0 saturated heterocycles. The van der Waals surface area contributed by atoms with Gasteiger partial charge in [0.05, 0.1) is 0 Å². The molecule has 0 fully saturated rings. The van der Waals surface area contributed by atoms with E-state index in [4.69, 9.17) is 9.47 Å². The predicted octanol–water partition coefficient (Wildman–Crippen LogP) is 2.92. The molecule has 0 unspecified atom stereocenters. The molecule has 5 nitrogen and oxygen atoms in total. The van der Waals surface area contributed by atoms with E-state index in [0.717, 1.165) is 11.4 Å². The Morgan fingerprint density at radius 2 is 1.61 bits per heavy atom. The molecule has 3 rings (SSSR count). The molecule has 1 N–H and O–H groups in total. The minimum absolute atomic E-state index is 0.218. The Bertz CT molecular complexity index is 698. The van der Waals surface area contributed by atoms with Gasteiger partial charge in [-0.2, -0.15) is 0 Å². The van der Waals surface area contributed by atoms with Gasteiger partial charge in [-0.3, -0.25) is 4.79 Å². The fourth-order valence-corrected chi connectivity index (χ4v) is 2.46. The zero-order valence-corrected chi connectivity index (χ0v) is 13.4. The van der Waals surface area contributed by atoms with Crippen molar-refractivity contribution in [3.05, 3.63) is 48.5 Å². The molecule has 0 aromatic heterocycles. The number of carbonyl (C=O) groups is 1. The smallest absolute Gasteiger partial charge is 0.269 e. The van der Waals surface area contributed by atoms with Gasteiger partial charge in [0, 0.05) is 25.5 Å². The van der Waals surface area contributed by atoms with Crippen LogP contribution in [-0.4, -0.2) is 32.2 Å². The van der Waals surface area contributed by atoms with Crippen LogP contribution in [0.15, 0.2) is 48.5 Å². The number of ether oxygens (including phenoxy) is 2. The summed E-state index contributed by atoms with van der Waals surface area (Å²) in [6, 6.07) is 15.0. The number of hydrogen-bond donors (Lipinski definition) is 1. The summed E-state index contributed by atoms with van der Waals surface area (Å²) in [7, 11) is 3.94. The van der Waals surface area contributed by atoms with E-state index in [1.165, 1.54) is 0 Å². The van der Waals surface area contributed by atoms with Gasteiger partial charge in [-0.05, 0) is 43.3 Å². The van der Waals surface area contributed by atoms with E-state index >= 15 is 0 Å². The lowest BCUT2D eigenvalue weighted by atomic mass is 10.1. The van der Waals surface area contributed by atoms with Gasteiger partial charge in [0.1, 0.15) is 6.10 Å². The topological polar surface area (TPSA) is 50.8 Å². The van der Waals surface area contributed by atoms with Gasteiger partial charge in [0.25, 0.3) is 5.91 Å². The number of nitrogens with zero attached hydrogens (tertiary/aromatic N) is 1. The van der Waals surface area contributed by atoms with Crippen molar-refractivity contribution in [3.8, 4) is 11.5 Å². The van der Waals surface area contributed by atoms with Crippen LogP contribution in [0.1, 0.15) is 6.92 Å². The molecule has 5 heteroatoms. The number of anilines is 2. The van der Waals surface area contributed by atoms with E-state index in [9.17, 15) is 4.79 Å². The highest BCUT2D eigenvalue weighted by Gasteiger charge is 2.34. The van der Waals surface area contributed by atoms with Gasteiger partial charge in [-0.1, -0.05) is 12.1 Å². The first-order valence-electron chi connectivity index (χ1n) is 7.55. The van der Waals surface area contributed by atoms with Gasteiger partial charge >= 0.3 is 0 Å². The molecular formula is C18H20N2O3. The van der Waals surface area contributed by atoms with Crippen LogP contribution in [0.4, 0.5) is 11.4 Å². The molecule has 23 heavy (non-hydrogen) atoms. The summed E-state index contributed by atoms with van der Waals surface area (Å²) in [5.74, 6) is 1.04. The van der Waals surface area contributed by atoms with Crippen molar-refractivity contribution in [2.24, 2.45) is 0 Å². The average molecular weight is 312 g/mol. The maximum atomic E-state index is 12.5. The largest absolute Gasteiger partial charge is 0.482 e. The first-order chi connectivity index (χ1) is 11.0. The summed E-state index contributed by atoms with van der Waals surface area (Å²) in [5.41, 5.74) is 1.80. The third kappa shape index (κ3) is 3.23. The van der Waals surface area contributed by atoms with Gasteiger partial charge in [0.2, 0.25) is 6.10 Å². The first kappa shape index (κ1) is 15.2. The van der Waals surface area contributed by atoms with Crippen LogP contribution in [0.25, 0.3) is 0 Å². The molecule has 120 valence electrons. The highest BCUT2D eigenvalue weighted by molar-refractivity contribution is 5.95. The second-order valence-electron chi connectivity index (χ2n) is 5.74. The van der Waals surface area contributed by atoms with E-state index in [1.807, 2.05) is 68.4 Å². The molecule has 0 aliphatic carbocycles. The highest BCUT2D eigenvalue weighted by Crippen LogP contribution is 2.33. The number of nitrogens with one attached hydrogen (secondary N) is 1. The molecule has 0 saturated carbocycles. The van der Waals surface area contributed by atoms with Crippen LogP contribution in [0, 0.1) is 0 Å². The van der Waals surface area contributed by atoms with Crippen LogP contribution in [0.5, 0.6) is 11.5 Å². The Balaban J connectivity index is 1.71. The maximum Gasteiger partial charge on any atom is 0.269 e. The summed E-state index contributed by atoms with van der Waals surface area (Å²) in [6.07, 6.45) is -1.04. The fourth-order valence-electron chi connectivity index (χ4n) is 2.46. The van der Waals surface area contributed by atoms with Crippen molar-refractivity contribution in [2.75, 3.05) is 24.3 Å². The quantitative estimate of drug-likeness (QED) is 0.947. The summed E-state index contributed by atoms with van der Waals surface area (Å²) >= 11 is 0. The number of rotatable bonds is 3. The fraction of sp³-hybridized carbons (Fsp3) is 0.278. The highest BCUT2D eigenvalue weighted by atomic mass is 16.6.